The largest absolute Gasteiger partial charge is 0.491 e. The van der Waals surface area contributed by atoms with Gasteiger partial charge in [0.2, 0.25) is 0 Å². The number of alkyl halides is 1. The number of rotatable bonds is 20. The Labute approximate surface area is 187 Å². The van der Waals surface area contributed by atoms with Gasteiger partial charge in [-0.15, -0.1) is 0 Å². The maximum atomic E-state index is 5.75. The van der Waals surface area contributed by atoms with Crippen LogP contribution in [-0.2, 0) is 15.9 Å². The number of hydrogen-bond acceptors (Lipinski definition) is 3. The molecule has 0 fully saturated rings. The molecule has 0 radical (unpaired) electrons. The molecule has 0 aliphatic rings. The van der Waals surface area contributed by atoms with Gasteiger partial charge in [-0.2, -0.15) is 0 Å². The third kappa shape index (κ3) is 15.6. The van der Waals surface area contributed by atoms with Gasteiger partial charge in [0.25, 0.3) is 0 Å². The fraction of sp³-hybridized carbons (Fsp3) is 0.750. The van der Waals surface area contributed by atoms with Gasteiger partial charge in [0.05, 0.1) is 19.8 Å². The quantitative estimate of drug-likeness (QED) is 0.109. The molecule has 0 aliphatic carbocycles. The van der Waals surface area contributed by atoms with Gasteiger partial charge in [-0.1, -0.05) is 86.6 Å². The molecule has 1 aromatic rings. The van der Waals surface area contributed by atoms with E-state index in [2.05, 4.69) is 53.8 Å². The molecule has 0 atom stereocenters. The Balaban J connectivity index is 1.91. The fourth-order valence-corrected chi connectivity index (χ4v) is 3.59. The van der Waals surface area contributed by atoms with Crippen LogP contribution in [0, 0.1) is 0 Å². The number of ether oxygens (including phenoxy) is 3. The zero-order valence-corrected chi connectivity index (χ0v) is 20.1. The molecule has 0 bridgehead atoms. The van der Waals surface area contributed by atoms with Crippen molar-refractivity contribution in [3.8, 4) is 5.75 Å². The number of unbranched alkanes of at least 4 members (excludes halogenated alkanes) is 8. The van der Waals surface area contributed by atoms with E-state index in [0.717, 1.165) is 18.8 Å². The molecule has 0 saturated heterocycles. The lowest BCUT2D eigenvalue weighted by Gasteiger charge is -2.09. The first-order valence-electron chi connectivity index (χ1n) is 11.3. The standard InChI is InChI=1S/C24H41IO3/c1-2-3-4-5-6-9-12-23-13-15-24(16-14-23)28-22-21-27-20-19-26-18-11-8-7-10-17-25/h13-16H,2-12,17-22H2,1H3. The average Bonchev–Trinajstić information content (AvgIpc) is 2.72. The SMILES string of the molecule is CCCCCCCCc1ccc(OCCOCCOCCCCCCI)cc1. The number of halogens is 1. The molecule has 1 aromatic carbocycles. The molecule has 0 heterocycles. The van der Waals surface area contributed by atoms with Crippen molar-refractivity contribution in [3.05, 3.63) is 29.8 Å². The second-order valence-electron chi connectivity index (χ2n) is 7.34. The van der Waals surface area contributed by atoms with E-state index in [9.17, 15) is 0 Å². The van der Waals surface area contributed by atoms with Gasteiger partial charge in [0.15, 0.2) is 0 Å². The minimum absolute atomic E-state index is 0.590. The maximum Gasteiger partial charge on any atom is 0.119 e. The molecule has 0 amide bonds. The summed E-state index contributed by atoms with van der Waals surface area (Å²) in [7, 11) is 0. The molecule has 0 spiro atoms. The van der Waals surface area contributed by atoms with Crippen LogP contribution in [0.5, 0.6) is 5.75 Å². The van der Waals surface area contributed by atoms with Crippen molar-refractivity contribution >= 4 is 22.6 Å². The van der Waals surface area contributed by atoms with Gasteiger partial charge in [-0.05, 0) is 47.8 Å². The minimum atomic E-state index is 0.590. The van der Waals surface area contributed by atoms with Gasteiger partial charge >= 0.3 is 0 Å². The van der Waals surface area contributed by atoms with Crippen LogP contribution in [0.3, 0.4) is 0 Å². The molecule has 1 rings (SSSR count). The Morgan fingerprint density at radius 2 is 1.25 bits per heavy atom. The van der Waals surface area contributed by atoms with Crippen molar-refractivity contribution in [3.63, 3.8) is 0 Å². The molecule has 0 aromatic heterocycles. The lowest BCUT2D eigenvalue weighted by molar-refractivity contribution is 0.0352. The number of benzene rings is 1. The van der Waals surface area contributed by atoms with E-state index in [-0.39, 0.29) is 0 Å². The van der Waals surface area contributed by atoms with Crippen molar-refractivity contribution in [2.45, 2.75) is 77.6 Å². The normalized spacial score (nSPS) is 11.1. The summed E-state index contributed by atoms with van der Waals surface area (Å²) in [6.07, 6.45) is 14.3. The Kier molecular flexibility index (Phi) is 18.3. The summed E-state index contributed by atoms with van der Waals surface area (Å²) >= 11 is 2.43. The number of hydrogen-bond donors (Lipinski definition) is 0. The number of aryl methyl sites for hydroxylation is 1. The van der Waals surface area contributed by atoms with E-state index < -0.39 is 0 Å². The zero-order valence-electron chi connectivity index (χ0n) is 17.9. The van der Waals surface area contributed by atoms with E-state index in [0.29, 0.717) is 26.4 Å². The monoisotopic (exact) mass is 504 g/mol. The smallest absolute Gasteiger partial charge is 0.119 e. The second-order valence-corrected chi connectivity index (χ2v) is 8.42. The minimum Gasteiger partial charge on any atom is -0.491 e. The lowest BCUT2D eigenvalue weighted by atomic mass is 10.0. The molecule has 0 unspecified atom stereocenters. The fourth-order valence-electron chi connectivity index (χ4n) is 3.05. The van der Waals surface area contributed by atoms with Crippen LogP contribution in [0.4, 0.5) is 0 Å². The molecular weight excluding hydrogens is 463 g/mol. The van der Waals surface area contributed by atoms with Gasteiger partial charge < -0.3 is 14.2 Å². The Morgan fingerprint density at radius 1 is 0.643 bits per heavy atom. The second kappa shape index (κ2) is 20.0. The molecular formula is C24H41IO3. The Hall–Kier alpha value is -0.330. The zero-order chi connectivity index (χ0) is 20.1. The van der Waals surface area contributed by atoms with Gasteiger partial charge in [-0.25, -0.2) is 0 Å². The first kappa shape index (κ1) is 25.7. The summed E-state index contributed by atoms with van der Waals surface area (Å²) in [4.78, 5) is 0. The van der Waals surface area contributed by atoms with E-state index in [1.165, 1.54) is 74.2 Å². The van der Waals surface area contributed by atoms with Gasteiger partial charge in [-0.3, -0.25) is 0 Å². The summed E-state index contributed by atoms with van der Waals surface area (Å²) in [5.74, 6) is 0.929. The van der Waals surface area contributed by atoms with E-state index in [4.69, 9.17) is 14.2 Å². The first-order chi connectivity index (χ1) is 13.9. The summed E-state index contributed by atoms with van der Waals surface area (Å²) < 4.78 is 18.2. The van der Waals surface area contributed by atoms with Crippen LogP contribution in [0.1, 0.15) is 76.7 Å². The van der Waals surface area contributed by atoms with Crippen molar-refractivity contribution in [2.24, 2.45) is 0 Å². The maximum absolute atomic E-state index is 5.75. The summed E-state index contributed by atoms with van der Waals surface area (Å²) in [5.41, 5.74) is 1.41. The summed E-state index contributed by atoms with van der Waals surface area (Å²) in [6.45, 7) is 5.65. The molecule has 28 heavy (non-hydrogen) atoms. The van der Waals surface area contributed by atoms with Crippen molar-refractivity contribution < 1.29 is 14.2 Å². The highest BCUT2D eigenvalue weighted by Crippen LogP contribution is 2.15. The molecule has 3 nitrogen and oxygen atoms in total. The molecule has 0 saturated carbocycles. The van der Waals surface area contributed by atoms with Gasteiger partial charge in [0, 0.05) is 6.61 Å². The Bertz CT molecular complexity index is 436. The summed E-state index contributed by atoms with van der Waals surface area (Å²) in [5, 5.41) is 0. The van der Waals surface area contributed by atoms with Crippen LogP contribution in [0.2, 0.25) is 0 Å². The van der Waals surface area contributed by atoms with Crippen LogP contribution >= 0.6 is 22.6 Å². The summed E-state index contributed by atoms with van der Waals surface area (Å²) in [6, 6.07) is 8.54. The average molecular weight is 504 g/mol. The van der Waals surface area contributed by atoms with Crippen molar-refractivity contribution in [1.82, 2.24) is 0 Å². The molecule has 4 heteroatoms. The molecule has 162 valence electrons. The van der Waals surface area contributed by atoms with Crippen LogP contribution in [0.25, 0.3) is 0 Å². The molecule has 0 N–H and O–H groups in total. The van der Waals surface area contributed by atoms with E-state index >= 15 is 0 Å². The van der Waals surface area contributed by atoms with Crippen LogP contribution in [-0.4, -0.2) is 37.5 Å². The lowest BCUT2D eigenvalue weighted by Crippen LogP contribution is -2.11. The van der Waals surface area contributed by atoms with Gasteiger partial charge in [0.1, 0.15) is 12.4 Å². The van der Waals surface area contributed by atoms with Crippen LogP contribution < -0.4 is 4.74 Å². The van der Waals surface area contributed by atoms with Crippen molar-refractivity contribution in [1.29, 1.82) is 0 Å². The predicted octanol–water partition coefficient (Wildman–Crippen LogP) is 7.00. The van der Waals surface area contributed by atoms with E-state index in [1.807, 2.05) is 0 Å². The van der Waals surface area contributed by atoms with Crippen LogP contribution in [0.15, 0.2) is 24.3 Å². The van der Waals surface area contributed by atoms with E-state index in [1.54, 1.807) is 0 Å². The highest BCUT2D eigenvalue weighted by Gasteiger charge is 1.98. The highest BCUT2D eigenvalue weighted by molar-refractivity contribution is 14.1. The highest BCUT2D eigenvalue weighted by atomic mass is 127. The topological polar surface area (TPSA) is 27.7 Å². The first-order valence-corrected chi connectivity index (χ1v) is 12.8. The Morgan fingerprint density at radius 3 is 2.00 bits per heavy atom. The third-order valence-electron chi connectivity index (χ3n) is 4.78. The molecule has 0 aliphatic heterocycles. The third-order valence-corrected chi connectivity index (χ3v) is 5.55. The predicted molar refractivity (Wildman–Crippen MR) is 128 cm³/mol. The van der Waals surface area contributed by atoms with Crippen molar-refractivity contribution in [2.75, 3.05) is 37.5 Å².